The predicted molar refractivity (Wildman–Crippen MR) is 78.9 cm³/mol. The first-order valence-corrected chi connectivity index (χ1v) is 8.12. The number of hydrogen-bond acceptors (Lipinski definition) is 2. The molecule has 0 aromatic heterocycles. The zero-order chi connectivity index (χ0) is 15.8. The molecule has 2 N–H and O–H groups in total. The Bertz CT molecular complexity index is 344. The van der Waals surface area contributed by atoms with E-state index in [0.717, 1.165) is 32.1 Å². The lowest BCUT2D eigenvalue weighted by molar-refractivity contribution is -0.149. The molecule has 2 aliphatic rings. The van der Waals surface area contributed by atoms with Gasteiger partial charge in [-0.05, 0) is 49.4 Å². The van der Waals surface area contributed by atoms with E-state index in [2.05, 4.69) is 20.8 Å². The summed E-state index contributed by atoms with van der Waals surface area (Å²) in [6.07, 6.45) is 0.707. The first-order valence-electron chi connectivity index (χ1n) is 8.12. The fraction of sp³-hybridized carbons (Fsp3) is 1.00. The SMILES string of the molecule is CC(C)(C)C1CCC(N)C(CN(CC(F)(F)F)C2CC2)C1. The maximum atomic E-state index is 12.7. The number of rotatable bonds is 4. The maximum Gasteiger partial charge on any atom is 0.401 e. The molecule has 2 saturated carbocycles. The van der Waals surface area contributed by atoms with Gasteiger partial charge in [0.1, 0.15) is 0 Å². The smallest absolute Gasteiger partial charge is 0.327 e. The van der Waals surface area contributed by atoms with Crippen LogP contribution in [0.3, 0.4) is 0 Å². The Hall–Kier alpha value is -0.290. The van der Waals surface area contributed by atoms with E-state index in [1.54, 1.807) is 4.90 Å². The van der Waals surface area contributed by atoms with Gasteiger partial charge < -0.3 is 5.73 Å². The minimum absolute atomic E-state index is 0.0538. The van der Waals surface area contributed by atoms with E-state index in [9.17, 15) is 13.2 Å². The van der Waals surface area contributed by atoms with Crippen molar-refractivity contribution in [2.45, 2.75) is 71.1 Å². The van der Waals surface area contributed by atoms with Crippen LogP contribution in [-0.2, 0) is 0 Å². The van der Waals surface area contributed by atoms with E-state index in [-0.39, 0.29) is 23.4 Å². The van der Waals surface area contributed by atoms with Crippen LogP contribution in [0.25, 0.3) is 0 Å². The summed E-state index contributed by atoms with van der Waals surface area (Å²) in [6.45, 7) is 6.40. The second kappa shape index (κ2) is 6.07. The van der Waals surface area contributed by atoms with E-state index < -0.39 is 12.7 Å². The molecule has 0 aromatic carbocycles. The molecule has 0 bridgehead atoms. The van der Waals surface area contributed by atoms with E-state index in [1.807, 2.05) is 0 Å². The third-order valence-electron chi connectivity index (χ3n) is 5.18. The van der Waals surface area contributed by atoms with Gasteiger partial charge in [-0.25, -0.2) is 0 Å². The van der Waals surface area contributed by atoms with Crippen LogP contribution in [-0.4, -0.2) is 36.2 Å². The van der Waals surface area contributed by atoms with Crippen LogP contribution in [0.15, 0.2) is 0 Å². The average Bonchev–Trinajstić information content (AvgIpc) is 3.11. The maximum absolute atomic E-state index is 12.7. The highest BCUT2D eigenvalue weighted by Gasteiger charge is 2.41. The van der Waals surface area contributed by atoms with Crippen molar-refractivity contribution in [3.05, 3.63) is 0 Å². The lowest BCUT2D eigenvalue weighted by atomic mass is 9.67. The zero-order valence-electron chi connectivity index (χ0n) is 13.4. The molecule has 2 rings (SSSR count). The van der Waals surface area contributed by atoms with Gasteiger partial charge in [-0.15, -0.1) is 0 Å². The lowest BCUT2D eigenvalue weighted by Gasteiger charge is -2.42. The highest BCUT2D eigenvalue weighted by Crippen LogP contribution is 2.41. The number of halogens is 3. The molecule has 3 unspecified atom stereocenters. The summed E-state index contributed by atoms with van der Waals surface area (Å²) in [4.78, 5) is 1.63. The Balaban J connectivity index is 1.97. The minimum atomic E-state index is -4.11. The standard InChI is InChI=1S/C16H29F3N2/c1-15(2,3)12-4-7-14(20)11(8-12)9-21(13-5-6-13)10-16(17,18)19/h11-14H,4-10,20H2,1-3H3. The second-order valence-corrected chi connectivity index (χ2v) is 8.08. The van der Waals surface area contributed by atoms with Gasteiger partial charge >= 0.3 is 6.18 Å². The Morgan fingerprint density at radius 2 is 1.67 bits per heavy atom. The van der Waals surface area contributed by atoms with Crippen LogP contribution in [0.2, 0.25) is 0 Å². The van der Waals surface area contributed by atoms with Crippen molar-refractivity contribution in [1.29, 1.82) is 0 Å². The third-order valence-corrected chi connectivity index (χ3v) is 5.18. The molecule has 0 saturated heterocycles. The van der Waals surface area contributed by atoms with Gasteiger partial charge in [-0.2, -0.15) is 13.2 Å². The monoisotopic (exact) mass is 306 g/mol. The van der Waals surface area contributed by atoms with Crippen LogP contribution in [0, 0.1) is 17.3 Å². The van der Waals surface area contributed by atoms with Crippen molar-refractivity contribution in [1.82, 2.24) is 4.90 Å². The zero-order valence-corrected chi connectivity index (χ0v) is 13.4. The van der Waals surface area contributed by atoms with Crippen molar-refractivity contribution in [3.8, 4) is 0 Å². The normalized spacial score (nSPS) is 31.7. The summed E-state index contributed by atoms with van der Waals surface area (Å²) in [6, 6.07) is 0.187. The third kappa shape index (κ3) is 5.13. The average molecular weight is 306 g/mol. The van der Waals surface area contributed by atoms with Crippen molar-refractivity contribution in [3.63, 3.8) is 0 Å². The van der Waals surface area contributed by atoms with Crippen molar-refractivity contribution in [2.24, 2.45) is 23.0 Å². The van der Waals surface area contributed by atoms with Crippen LogP contribution in [0.1, 0.15) is 52.9 Å². The van der Waals surface area contributed by atoms with E-state index >= 15 is 0 Å². The van der Waals surface area contributed by atoms with Crippen LogP contribution < -0.4 is 5.73 Å². The summed E-state index contributed by atoms with van der Waals surface area (Å²) in [5.41, 5.74) is 6.42. The summed E-state index contributed by atoms with van der Waals surface area (Å²) >= 11 is 0. The molecule has 0 amide bonds. The van der Waals surface area contributed by atoms with E-state index in [1.165, 1.54) is 0 Å². The van der Waals surface area contributed by atoms with Gasteiger partial charge in [0.05, 0.1) is 6.54 Å². The highest BCUT2D eigenvalue weighted by atomic mass is 19.4. The topological polar surface area (TPSA) is 29.3 Å². The molecule has 0 spiro atoms. The van der Waals surface area contributed by atoms with Crippen molar-refractivity contribution in [2.75, 3.05) is 13.1 Å². The number of alkyl halides is 3. The highest BCUT2D eigenvalue weighted by molar-refractivity contribution is 4.92. The Morgan fingerprint density at radius 1 is 1.05 bits per heavy atom. The molecular weight excluding hydrogens is 277 g/mol. The van der Waals surface area contributed by atoms with Gasteiger partial charge in [0.15, 0.2) is 0 Å². The summed E-state index contributed by atoms with van der Waals surface area (Å²) in [5, 5.41) is 0. The lowest BCUT2D eigenvalue weighted by Crippen LogP contribution is -2.47. The predicted octanol–water partition coefficient (Wildman–Crippen LogP) is 3.80. The van der Waals surface area contributed by atoms with Gasteiger partial charge in [-0.3, -0.25) is 4.90 Å². The van der Waals surface area contributed by atoms with Gasteiger partial charge in [0.25, 0.3) is 0 Å². The summed E-state index contributed by atoms with van der Waals surface area (Å²) in [5.74, 6) is 0.764. The molecule has 3 atom stereocenters. The molecule has 2 aliphatic carbocycles. The largest absolute Gasteiger partial charge is 0.401 e. The fourth-order valence-corrected chi connectivity index (χ4v) is 3.60. The van der Waals surface area contributed by atoms with Crippen molar-refractivity contribution >= 4 is 0 Å². The molecule has 21 heavy (non-hydrogen) atoms. The molecule has 2 nitrogen and oxygen atoms in total. The van der Waals surface area contributed by atoms with Crippen LogP contribution in [0.4, 0.5) is 13.2 Å². The Labute approximate surface area is 126 Å². The molecular formula is C16H29F3N2. The molecule has 124 valence electrons. The van der Waals surface area contributed by atoms with Crippen LogP contribution in [0.5, 0.6) is 0 Å². The number of hydrogen-bond donors (Lipinski definition) is 1. The quantitative estimate of drug-likeness (QED) is 0.856. The minimum Gasteiger partial charge on any atom is -0.327 e. The van der Waals surface area contributed by atoms with Gasteiger partial charge in [-0.1, -0.05) is 20.8 Å². The number of nitrogens with zero attached hydrogens (tertiary/aromatic N) is 1. The second-order valence-electron chi connectivity index (χ2n) is 8.08. The van der Waals surface area contributed by atoms with E-state index in [0.29, 0.717) is 12.5 Å². The first kappa shape index (κ1) is 17.1. The van der Waals surface area contributed by atoms with Gasteiger partial charge in [0, 0.05) is 18.6 Å². The molecule has 0 heterocycles. The molecule has 0 radical (unpaired) electrons. The molecule has 0 aliphatic heterocycles. The Morgan fingerprint density at radius 3 is 2.14 bits per heavy atom. The summed E-state index contributed by atoms with van der Waals surface area (Å²) < 4.78 is 38.2. The molecule has 0 aromatic rings. The first-order chi connectivity index (χ1) is 9.56. The van der Waals surface area contributed by atoms with Crippen molar-refractivity contribution < 1.29 is 13.2 Å². The molecule has 2 fully saturated rings. The van der Waals surface area contributed by atoms with Crippen LogP contribution >= 0.6 is 0 Å². The summed E-state index contributed by atoms with van der Waals surface area (Å²) in [7, 11) is 0. The van der Waals surface area contributed by atoms with Gasteiger partial charge in [0.2, 0.25) is 0 Å². The van der Waals surface area contributed by atoms with E-state index in [4.69, 9.17) is 5.73 Å². The number of nitrogens with two attached hydrogens (primary N) is 1. The molecule has 5 heteroatoms. The fourth-order valence-electron chi connectivity index (χ4n) is 3.60. The Kier molecular flexibility index (Phi) is 4.94.